The van der Waals surface area contributed by atoms with Crippen molar-refractivity contribution in [3.63, 3.8) is 0 Å². The quantitative estimate of drug-likeness (QED) is 0.784. The lowest BCUT2D eigenvalue weighted by Crippen LogP contribution is -2.23. The molecule has 0 aliphatic rings. The van der Waals surface area contributed by atoms with Gasteiger partial charge in [0.2, 0.25) is 0 Å². The molecule has 0 aliphatic carbocycles. The summed E-state index contributed by atoms with van der Waals surface area (Å²) in [6, 6.07) is 4.90. The van der Waals surface area contributed by atoms with E-state index in [1.165, 1.54) is 12.1 Å². The minimum Gasteiger partial charge on any atom is -0.481 e. The van der Waals surface area contributed by atoms with Crippen LogP contribution in [0.3, 0.4) is 0 Å². The van der Waals surface area contributed by atoms with E-state index in [1.807, 2.05) is 0 Å². The Morgan fingerprint density at radius 2 is 2.00 bits per heavy atom. The Morgan fingerprint density at radius 1 is 1.37 bits per heavy atom. The molecule has 106 valence electrons. The minimum absolute atomic E-state index is 0.000633. The Morgan fingerprint density at radius 3 is 2.58 bits per heavy atom. The lowest BCUT2D eigenvalue weighted by Gasteiger charge is -2.19. The number of carboxylic acids is 1. The Hall–Kier alpha value is -1.56. The molecule has 0 heterocycles. The second-order valence-corrected chi connectivity index (χ2v) is 4.26. The van der Waals surface area contributed by atoms with Crippen LogP contribution in [-0.4, -0.2) is 17.6 Å². The Kier molecular flexibility index (Phi) is 5.35. The van der Waals surface area contributed by atoms with E-state index in [2.05, 4.69) is 5.32 Å². The van der Waals surface area contributed by atoms with Crippen LogP contribution in [0.15, 0.2) is 24.3 Å². The predicted octanol–water partition coefficient (Wildman–Crippen LogP) is 3.22. The van der Waals surface area contributed by atoms with E-state index in [1.54, 1.807) is 13.0 Å². The largest absolute Gasteiger partial charge is 0.481 e. The fourth-order valence-corrected chi connectivity index (χ4v) is 1.80. The van der Waals surface area contributed by atoms with Crippen LogP contribution in [0, 0.1) is 0 Å². The van der Waals surface area contributed by atoms with Crippen LogP contribution in [0.25, 0.3) is 0 Å². The fraction of sp³-hybridized carbons (Fsp3) is 0.462. The van der Waals surface area contributed by atoms with Crippen LogP contribution >= 0.6 is 0 Å². The average Bonchev–Trinajstić information content (AvgIpc) is 2.33. The molecule has 1 unspecified atom stereocenters. The summed E-state index contributed by atoms with van der Waals surface area (Å²) in [5, 5.41) is 11.4. The number of rotatable bonds is 6. The zero-order valence-electron chi connectivity index (χ0n) is 10.5. The van der Waals surface area contributed by atoms with Crippen molar-refractivity contribution in [1.82, 2.24) is 5.32 Å². The van der Waals surface area contributed by atoms with Crippen molar-refractivity contribution in [3.8, 4) is 0 Å². The lowest BCUT2D eigenvalue weighted by atomic mass is 10.0. The first kappa shape index (κ1) is 15.5. The molecule has 1 atom stereocenters. The number of nitrogens with one attached hydrogen (secondary N) is 1. The van der Waals surface area contributed by atoms with Gasteiger partial charge in [-0.3, -0.25) is 4.79 Å². The highest BCUT2D eigenvalue weighted by molar-refractivity contribution is 5.66. The second kappa shape index (κ2) is 6.56. The summed E-state index contributed by atoms with van der Waals surface area (Å²) in [6.07, 6.45) is -4.00. The molecule has 0 saturated heterocycles. The number of alkyl halides is 3. The molecule has 19 heavy (non-hydrogen) atoms. The highest BCUT2D eigenvalue weighted by atomic mass is 19.4. The predicted molar refractivity (Wildman–Crippen MR) is 64.7 cm³/mol. The summed E-state index contributed by atoms with van der Waals surface area (Å²) < 4.78 is 38.4. The van der Waals surface area contributed by atoms with Crippen molar-refractivity contribution in [2.45, 2.75) is 32.0 Å². The number of benzene rings is 1. The summed E-state index contributed by atoms with van der Waals surface area (Å²) in [7, 11) is 0. The molecule has 0 amide bonds. The standard InChI is InChI=1S/C13H16F3NO2/c1-9(17-8-4-7-12(18)19)10-5-2-3-6-11(10)13(14,15)16/h2-3,5-6,9,17H,4,7-8H2,1H3,(H,18,19). The normalized spacial score (nSPS) is 13.3. The molecule has 6 heteroatoms. The summed E-state index contributed by atoms with van der Waals surface area (Å²) in [5.74, 6) is -0.912. The summed E-state index contributed by atoms with van der Waals surface area (Å²) in [6.45, 7) is 1.99. The summed E-state index contributed by atoms with van der Waals surface area (Å²) >= 11 is 0. The Labute approximate surface area is 109 Å². The third-order valence-electron chi connectivity index (χ3n) is 2.75. The Bertz CT molecular complexity index is 432. The molecule has 2 N–H and O–H groups in total. The van der Waals surface area contributed by atoms with Crippen molar-refractivity contribution in [1.29, 1.82) is 0 Å². The Balaban J connectivity index is 2.67. The van der Waals surface area contributed by atoms with Gasteiger partial charge in [-0.2, -0.15) is 13.2 Å². The van der Waals surface area contributed by atoms with Gasteiger partial charge in [0.15, 0.2) is 0 Å². The molecule has 0 bridgehead atoms. The van der Waals surface area contributed by atoms with E-state index in [0.29, 0.717) is 13.0 Å². The maximum absolute atomic E-state index is 12.8. The molecule has 1 aromatic rings. The third kappa shape index (κ3) is 4.90. The first-order valence-corrected chi connectivity index (χ1v) is 5.93. The van der Waals surface area contributed by atoms with E-state index < -0.39 is 23.8 Å². The molecule has 0 fully saturated rings. The first-order chi connectivity index (χ1) is 8.82. The highest BCUT2D eigenvalue weighted by Crippen LogP contribution is 2.34. The van der Waals surface area contributed by atoms with Gasteiger partial charge in [0, 0.05) is 12.5 Å². The van der Waals surface area contributed by atoms with Crippen LogP contribution in [0.5, 0.6) is 0 Å². The molecule has 0 aromatic heterocycles. The van der Waals surface area contributed by atoms with Crippen LogP contribution in [0.4, 0.5) is 13.2 Å². The fourth-order valence-electron chi connectivity index (χ4n) is 1.80. The number of carbonyl (C=O) groups is 1. The number of halogens is 3. The monoisotopic (exact) mass is 275 g/mol. The van der Waals surface area contributed by atoms with E-state index in [-0.39, 0.29) is 12.0 Å². The van der Waals surface area contributed by atoms with Gasteiger partial charge in [0.1, 0.15) is 0 Å². The minimum atomic E-state index is -4.38. The first-order valence-electron chi connectivity index (χ1n) is 5.93. The molecule has 3 nitrogen and oxygen atoms in total. The van der Waals surface area contributed by atoms with Crippen molar-refractivity contribution in [2.24, 2.45) is 0 Å². The smallest absolute Gasteiger partial charge is 0.416 e. The van der Waals surface area contributed by atoms with Gasteiger partial charge < -0.3 is 10.4 Å². The SMILES string of the molecule is CC(NCCCC(=O)O)c1ccccc1C(F)(F)F. The molecular weight excluding hydrogens is 259 g/mol. The summed E-state index contributed by atoms with van der Waals surface area (Å²) in [4.78, 5) is 10.3. The number of hydrogen-bond donors (Lipinski definition) is 2. The van der Waals surface area contributed by atoms with E-state index >= 15 is 0 Å². The number of hydrogen-bond acceptors (Lipinski definition) is 2. The van der Waals surface area contributed by atoms with Gasteiger partial charge >= 0.3 is 12.1 Å². The van der Waals surface area contributed by atoms with E-state index in [9.17, 15) is 18.0 Å². The molecule has 0 saturated carbocycles. The van der Waals surface area contributed by atoms with Gasteiger partial charge in [0.25, 0.3) is 0 Å². The third-order valence-corrected chi connectivity index (χ3v) is 2.75. The molecule has 1 aromatic carbocycles. The maximum Gasteiger partial charge on any atom is 0.416 e. The van der Waals surface area contributed by atoms with Gasteiger partial charge in [-0.15, -0.1) is 0 Å². The van der Waals surface area contributed by atoms with Crippen LogP contribution in [0.1, 0.15) is 36.9 Å². The van der Waals surface area contributed by atoms with Gasteiger partial charge in [-0.1, -0.05) is 18.2 Å². The zero-order chi connectivity index (χ0) is 14.5. The van der Waals surface area contributed by atoms with E-state index in [4.69, 9.17) is 5.11 Å². The van der Waals surface area contributed by atoms with Gasteiger partial charge in [-0.05, 0) is 31.5 Å². The zero-order valence-corrected chi connectivity index (χ0v) is 10.5. The van der Waals surface area contributed by atoms with Crippen molar-refractivity contribution < 1.29 is 23.1 Å². The van der Waals surface area contributed by atoms with Crippen molar-refractivity contribution in [3.05, 3.63) is 35.4 Å². The van der Waals surface area contributed by atoms with Crippen LogP contribution < -0.4 is 5.32 Å². The van der Waals surface area contributed by atoms with Crippen molar-refractivity contribution >= 4 is 5.97 Å². The molecule has 0 aliphatic heterocycles. The molecule has 0 radical (unpaired) electrons. The van der Waals surface area contributed by atoms with Crippen molar-refractivity contribution in [2.75, 3.05) is 6.54 Å². The maximum atomic E-state index is 12.8. The highest BCUT2D eigenvalue weighted by Gasteiger charge is 2.33. The average molecular weight is 275 g/mol. The molecule has 0 spiro atoms. The van der Waals surface area contributed by atoms with Gasteiger partial charge in [0.05, 0.1) is 5.56 Å². The van der Waals surface area contributed by atoms with Crippen LogP contribution in [0.2, 0.25) is 0 Å². The second-order valence-electron chi connectivity index (χ2n) is 4.26. The molecular formula is C13H16F3NO2. The summed E-state index contributed by atoms with van der Waals surface area (Å²) in [5.41, 5.74) is -0.487. The lowest BCUT2D eigenvalue weighted by molar-refractivity contribution is -0.138. The number of aliphatic carboxylic acids is 1. The molecule has 1 rings (SSSR count). The van der Waals surface area contributed by atoms with Crippen LogP contribution in [-0.2, 0) is 11.0 Å². The van der Waals surface area contributed by atoms with E-state index in [0.717, 1.165) is 6.07 Å². The van der Waals surface area contributed by atoms with Gasteiger partial charge in [-0.25, -0.2) is 0 Å². The topological polar surface area (TPSA) is 49.3 Å². The number of carboxylic acid groups (broad SMARTS) is 1.